The second-order valence-electron chi connectivity index (χ2n) is 4.21. The van der Waals surface area contributed by atoms with Gasteiger partial charge in [-0.3, -0.25) is 0 Å². The van der Waals surface area contributed by atoms with Gasteiger partial charge in [-0.25, -0.2) is 0 Å². The average Bonchev–Trinajstić information content (AvgIpc) is 2.35. The topological polar surface area (TPSA) is 43.7 Å². The Kier molecular flexibility index (Phi) is 6.52. The number of likely N-dealkylation sites (N-methyl/N-ethyl adjacent to an activating group) is 1. The van der Waals surface area contributed by atoms with Crippen molar-refractivity contribution in [2.24, 2.45) is 0 Å². The molecule has 0 saturated carbocycles. The van der Waals surface area contributed by atoms with Crippen molar-refractivity contribution in [2.75, 3.05) is 26.8 Å². The Hall–Kier alpha value is -0.610. The summed E-state index contributed by atoms with van der Waals surface area (Å²) in [6.45, 7) is 1.04. The van der Waals surface area contributed by atoms with Crippen LogP contribution in [0.25, 0.3) is 0 Å². The van der Waals surface area contributed by atoms with E-state index in [0.29, 0.717) is 6.42 Å². The van der Waals surface area contributed by atoms with E-state index in [-0.39, 0.29) is 19.3 Å². The summed E-state index contributed by atoms with van der Waals surface area (Å²) in [6.07, 6.45) is 1.52. The molecule has 0 amide bonds. The maximum absolute atomic E-state index is 9.19. The molecule has 0 aliphatic rings. The largest absolute Gasteiger partial charge is 0.396 e. The third kappa shape index (κ3) is 5.04. The lowest BCUT2D eigenvalue weighted by Crippen LogP contribution is -2.36. The van der Waals surface area contributed by atoms with E-state index in [9.17, 15) is 5.11 Å². The van der Waals surface area contributed by atoms with Gasteiger partial charge in [0.2, 0.25) is 0 Å². The number of hydrogen-bond acceptors (Lipinski definition) is 3. The molecular formula is C13H20ClNO2. The van der Waals surface area contributed by atoms with E-state index in [0.717, 1.165) is 18.0 Å². The zero-order chi connectivity index (χ0) is 12.7. The van der Waals surface area contributed by atoms with Gasteiger partial charge in [-0.05, 0) is 37.6 Å². The van der Waals surface area contributed by atoms with Crippen LogP contribution in [0.1, 0.15) is 12.0 Å². The van der Waals surface area contributed by atoms with Crippen LogP contribution in [0.3, 0.4) is 0 Å². The fraction of sp³-hybridized carbons (Fsp3) is 0.538. The molecule has 4 heteroatoms. The number of aliphatic hydroxyl groups excluding tert-OH is 2. The highest BCUT2D eigenvalue weighted by molar-refractivity contribution is 6.30. The quantitative estimate of drug-likeness (QED) is 0.779. The number of nitrogens with zero attached hydrogens (tertiary/aromatic N) is 1. The van der Waals surface area contributed by atoms with Gasteiger partial charge in [0.05, 0.1) is 6.61 Å². The van der Waals surface area contributed by atoms with Gasteiger partial charge in [0.1, 0.15) is 0 Å². The molecule has 17 heavy (non-hydrogen) atoms. The molecule has 1 aromatic carbocycles. The molecule has 0 aliphatic carbocycles. The molecule has 0 spiro atoms. The molecule has 0 fully saturated rings. The minimum Gasteiger partial charge on any atom is -0.396 e. The fourth-order valence-electron chi connectivity index (χ4n) is 1.74. The van der Waals surface area contributed by atoms with E-state index in [1.807, 2.05) is 31.3 Å². The predicted octanol–water partition coefficient (Wildman–Crippen LogP) is 1.56. The van der Waals surface area contributed by atoms with E-state index in [2.05, 4.69) is 4.90 Å². The Morgan fingerprint density at radius 3 is 2.41 bits per heavy atom. The molecule has 2 N–H and O–H groups in total. The molecule has 1 aromatic rings. The van der Waals surface area contributed by atoms with Crippen molar-refractivity contribution in [3.63, 3.8) is 0 Å². The van der Waals surface area contributed by atoms with Gasteiger partial charge in [-0.2, -0.15) is 0 Å². The summed E-state index contributed by atoms with van der Waals surface area (Å²) in [4.78, 5) is 2.07. The molecule has 1 rings (SSSR count). The van der Waals surface area contributed by atoms with E-state index >= 15 is 0 Å². The summed E-state index contributed by atoms with van der Waals surface area (Å²) >= 11 is 5.82. The zero-order valence-corrected chi connectivity index (χ0v) is 10.9. The summed E-state index contributed by atoms with van der Waals surface area (Å²) in [5, 5.41) is 18.8. The molecule has 1 atom stereocenters. The first-order valence-electron chi connectivity index (χ1n) is 5.83. The van der Waals surface area contributed by atoms with Gasteiger partial charge >= 0.3 is 0 Å². The third-order valence-electron chi connectivity index (χ3n) is 2.96. The highest BCUT2D eigenvalue weighted by Crippen LogP contribution is 2.11. The van der Waals surface area contributed by atoms with Crippen LogP contribution in [0.5, 0.6) is 0 Å². The molecular weight excluding hydrogens is 238 g/mol. The lowest BCUT2D eigenvalue weighted by atomic mass is 10.1. The minimum absolute atomic E-state index is 0.0345. The van der Waals surface area contributed by atoms with Crippen LogP contribution in [0.2, 0.25) is 5.02 Å². The van der Waals surface area contributed by atoms with Crippen molar-refractivity contribution in [3.05, 3.63) is 34.9 Å². The Labute approximate surface area is 108 Å². The second-order valence-corrected chi connectivity index (χ2v) is 4.64. The van der Waals surface area contributed by atoms with Gasteiger partial charge in [-0.1, -0.05) is 23.7 Å². The number of aliphatic hydroxyl groups is 2. The first-order chi connectivity index (χ1) is 8.17. The molecule has 0 saturated heterocycles. The minimum atomic E-state index is 0.0345. The van der Waals surface area contributed by atoms with E-state index < -0.39 is 0 Å². The Morgan fingerprint density at radius 1 is 1.24 bits per heavy atom. The fourth-order valence-corrected chi connectivity index (χ4v) is 1.87. The van der Waals surface area contributed by atoms with Crippen LogP contribution in [0, 0.1) is 0 Å². The molecule has 0 radical (unpaired) electrons. The summed E-state index contributed by atoms with van der Waals surface area (Å²) in [5.74, 6) is 0. The Bertz CT molecular complexity index is 316. The smallest absolute Gasteiger partial charge is 0.0587 e. The van der Waals surface area contributed by atoms with Crippen molar-refractivity contribution < 1.29 is 10.2 Å². The van der Waals surface area contributed by atoms with E-state index in [1.165, 1.54) is 5.56 Å². The van der Waals surface area contributed by atoms with Gasteiger partial charge < -0.3 is 15.1 Å². The van der Waals surface area contributed by atoms with Gasteiger partial charge in [0.15, 0.2) is 0 Å². The first-order valence-corrected chi connectivity index (χ1v) is 6.21. The summed E-state index contributed by atoms with van der Waals surface area (Å²) in [7, 11) is 1.96. The first kappa shape index (κ1) is 14.5. The maximum atomic E-state index is 9.19. The van der Waals surface area contributed by atoms with Crippen LogP contribution in [0.15, 0.2) is 24.3 Å². The highest BCUT2D eigenvalue weighted by Gasteiger charge is 2.12. The van der Waals surface area contributed by atoms with E-state index in [1.54, 1.807) is 0 Å². The van der Waals surface area contributed by atoms with E-state index in [4.69, 9.17) is 16.7 Å². The number of halogens is 1. The van der Waals surface area contributed by atoms with Crippen LogP contribution in [-0.4, -0.2) is 48.0 Å². The second kappa shape index (κ2) is 7.67. The van der Waals surface area contributed by atoms with Gasteiger partial charge in [0, 0.05) is 24.2 Å². The van der Waals surface area contributed by atoms with Crippen molar-refractivity contribution >= 4 is 11.6 Å². The van der Waals surface area contributed by atoms with Crippen LogP contribution < -0.4 is 0 Å². The molecule has 0 aromatic heterocycles. The molecule has 1 unspecified atom stereocenters. The normalized spacial score (nSPS) is 13.0. The van der Waals surface area contributed by atoms with Crippen LogP contribution in [0.4, 0.5) is 0 Å². The van der Waals surface area contributed by atoms with Crippen molar-refractivity contribution in [2.45, 2.75) is 18.9 Å². The lowest BCUT2D eigenvalue weighted by Gasteiger charge is -2.25. The summed E-state index contributed by atoms with van der Waals surface area (Å²) in [6, 6.07) is 7.82. The van der Waals surface area contributed by atoms with Crippen molar-refractivity contribution in [1.29, 1.82) is 0 Å². The Morgan fingerprint density at radius 2 is 1.88 bits per heavy atom. The highest BCUT2D eigenvalue weighted by atomic mass is 35.5. The molecule has 0 heterocycles. The zero-order valence-electron chi connectivity index (χ0n) is 10.1. The predicted molar refractivity (Wildman–Crippen MR) is 70.4 cm³/mol. The van der Waals surface area contributed by atoms with Crippen LogP contribution in [-0.2, 0) is 6.42 Å². The maximum Gasteiger partial charge on any atom is 0.0587 e. The van der Waals surface area contributed by atoms with Gasteiger partial charge in [0.25, 0.3) is 0 Å². The SMILES string of the molecule is CN(CCc1ccc(Cl)cc1)C(CO)CCO. The van der Waals surface area contributed by atoms with Crippen molar-refractivity contribution in [1.82, 2.24) is 4.90 Å². The monoisotopic (exact) mass is 257 g/mol. The molecule has 0 bridgehead atoms. The average molecular weight is 258 g/mol. The lowest BCUT2D eigenvalue weighted by molar-refractivity contribution is 0.120. The number of rotatable bonds is 7. The molecule has 96 valence electrons. The molecule has 3 nitrogen and oxygen atoms in total. The third-order valence-corrected chi connectivity index (χ3v) is 3.21. The van der Waals surface area contributed by atoms with Crippen LogP contribution >= 0.6 is 11.6 Å². The summed E-state index contributed by atoms with van der Waals surface area (Å²) in [5.41, 5.74) is 1.22. The Balaban J connectivity index is 2.41. The van der Waals surface area contributed by atoms with Crippen molar-refractivity contribution in [3.8, 4) is 0 Å². The number of benzene rings is 1. The molecule has 0 aliphatic heterocycles. The number of hydrogen-bond donors (Lipinski definition) is 2. The van der Waals surface area contributed by atoms with Gasteiger partial charge in [-0.15, -0.1) is 0 Å². The summed E-state index contributed by atoms with van der Waals surface area (Å²) < 4.78 is 0. The standard InChI is InChI=1S/C13H20ClNO2/c1-15(13(10-17)7-9-16)8-6-11-2-4-12(14)5-3-11/h2-5,13,16-17H,6-10H2,1H3.